The van der Waals surface area contributed by atoms with E-state index in [4.69, 9.17) is 4.74 Å². The highest BCUT2D eigenvalue weighted by atomic mass is 32.1. The minimum atomic E-state index is -1.20. The van der Waals surface area contributed by atoms with Gasteiger partial charge in [0, 0.05) is 6.42 Å². The molecule has 1 aliphatic rings. The third-order valence-corrected chi connectivity index (χ3v) is 4.38. The standard InChI is InChI=1S/C16H14N2O4S/c1-2-8-22-16(21)14(20)18-13(19)12-15(18)23-11(17-12)9-10-6-4-3-5-7-10/h2-7,13,19H,1,8-9H2. The van der Waals surface area contributed by atoms with E-state index in [0.29, 0.717) is 17.1 Å². The Balaban J connectivity index is 1.74. The van der Waals surface area contributed by atoms with Crippen LogP contribution >= 0.6 is 11.3 Å². The van der Waals surface area contributed by atoms with Crippen LogP contribution in [0.4, 0.5) is 5.00 Å². The van der Waals surface area contributed by atoms with Crippen molar-refractivity contribution in [3.8, 4) is 0 Å². The van der Waals surface area contributed by atoms with Gasteiger partial charge in [0.25, 0.3) is 0 Å². The number of carbonyl (C=O) groups is 2. The highest BCUT2D eigenvalue weighted by Crippen LogP contribution is 2.46. The molecule has 0 aliphatic carbocycles. The summed E-state index contributed by atoms with van der Waals surface area (Å²) >= 11 is 1.28. The SMILES string of the molecule is C=CCOC(=O)C(=O)N1c2sc(Cc3ccccc3)nc2C1O. The van der Waals surface area contributed by atoms with Gasteiger partial charge in [0.1, 0.15) is 17.3 Å². The second-order valence-corrected chi connectivity index (χ2v) is 5.96. The predicted molar refractivity (Wildman–Crippen MR) is 85.0 cm³/mol. The number of fused-ring (bicyclic) bond motifs is 1. The van der Waals surface area contributed by atoms with Crippen LogP contribution in [0.5, 0.6) is 0 Å². The predicted octanol–water partition coefficient (Wildman–Crippen LogP) is 1.80. The molecule has 0 saturated heterocycles. The van der Waals surface area contributed by atoms with Gasteiger partial charge < -0.3 is 9.84 Å². The Kier molecular flexibility index (Phi) is 4.22. The molecule has 7 heteroatoms. The summed E-state index contributed by atoms with van der Waals surface area (Å²) in [4.78, 5) is 28.9. The molecule has 2 heterocycles. The molecule has 6 nitrogen and oxygen atoms in total. The van der Waals surface area contributed by atoms with Crippen molar-refractivity contribution in [3.05, 3.63) is 59.3 Å². The molecule has 118 valence electrons. The van der Waals surface area contributed by atoms with Crippen LogP contribution < -0.4 is 4.90 Å². The first kappa shape index (κ1) is 15.4. The topological polar surface area (TPSA) is 79.7 Å². The van der Waals surface area contributed by atoms with Crippen molar-refractivity contribution >= 4 is 28.2 Å². The van der Waals surface area contributed by atoms with Crippen molar-refractivity contribution in [1.29, 1.82) is 0 Å². The van der Waals surface area contributed by atoms with Gasteiger partial charge in [-0.3, -0.25) is 9.69 Å². The van der Waals surface area contributed by atoms with Gasteiger partial charge in [0.05, 0.1) is 5.01 Å². The second kappa shape index (κ2) is 6.31. The number of hydrogen-bond acceptors (Lipinski definition) is 6. The van der Waals surface area contributed by atoms with E-state index >= 15 is 0 Å². The summed E-state index contributed by atoms with van der Waals surface area (Å²) in [5.74, 6) is -1.92. The molecule has 1 atom stereocenters. The molecule has 1 amide bonds. The first-order valence-electron chi connectivity index (χ1n) is 6.94. The number of amides is 1. The summed E-state index contributed by atoms with van der Waals surface area (Å²) in [6.45, 7) is 3.35. The highest BCUT2D eigenvalue weighted by molar-refractivity contribution is 7.16. The average molecular weight is 330 g/mol. The Morgan fingerprint density at radius 3 is 2.83 bits per heavy atom. The molecule has 1 aromatic carbocycles. The van der Waals surface area contributed by atoms with E-state index in [-0.39, 0.29) is 6.61 Å². The van der Waals surface area contributed by atoms with E-state index < -0.39 is 18.1 Å². The zero-order valence-electron chi connectivity index (χ0n) is 12.1. The number of hydrogen-bond donors (Lipinski definition) is 1. The number of esters is 1. The minimum Gasteiger partial charge on any atom is -0.454 e. The summed E-state index contributed by atoms with van der Waals surface area (Å²) in [6, 6.07) is 9.75. The van der Waals surface area contributed by atoms with Crippen LogP contribution in [0.2, 0.25) is 0 Å². The molecule has 0 spiro atoms. The van der Waals surface area contributed by atoms with Gasteiger partial charge in [-0.2, -0.15) is 0 Å². The van der Waals surface area contributed by atoms with E-state index in [1.54, 1.807) is 0 Å². The lowest BCUT2D eigenvalue weighted by atomic mass is 10.1. The summed E-state index contributed by atoms with van der Waals surface area (Å²) in [5, 5.41) is 11.3. The lowest BCUT2D eigenvalue weighted by Crippen LogP contribution is -2.46. The molecule has 0 radical (unpaired) electrons. The van der Waals surface area contributed by atoms with E-state index in [1.807, 2.05) is 30.3 Å². The molecule has 3 rings (SSSR count). The van der Waals surface area contributed by atoms with Crippen molar-refractivity contribution < 1.29 is 19.4 Å². The van der Waals surface area contributed by atoms with Gasteiger partial charge in [-0.15, -0.1) is 11.3 Å². The maximum Gasteiger partial charge on any atom is 0.397 e. The molecular weight excluding hydrogens is 316 g/mol. The fraction of sp³-hybridized carbons (Fsp3) is 0.188. The average Bonchev–Trinajstić information content (AvgIpc) is 2.92. The number of carbonyl (C=O) groups excluding carboxylic acids is 2. The number of anilines is 1. The Hall–Kier alpha value is -2.51. The van der Waals surface area contributed by atoms with E-state index in [0.717, 1.165) is 15.5 Å². The van der Waals surface area contributed by atoms with Crippen LogP contribution in [0.3, 0.4) is 0 Å². The van der Waals surface area contributed by atoms with Crippen LogP contribution in [0, 0.1) is 0 Å². The zero-order valence-corrected chi connectivity index (χ0v) is 13.0. The monoisotopic (exact) mass is 330 g/mol. The summed E-state index contributed by atoms with van der Waals surface area (Å²) in [6.07, 6.45) is 0.775. The molecule has 0 bridgehead atoms. The number of benzene rings is 1. The van der Waals surface area contributed by atoms with Crippen LogP contribution in [0.1, 0.15) is 22.5 Å². The molecule has 0 fully saturated rings. The van der Waals surface area contributed by atoms with Crippen molar-refractivity contribution in [3.63, 3.8) is 0 Å². The summed E-state index contributed by atoms with van der Waals surface area (Å²) in [7, 11) is 0. The number of aliphatic hydroxyl groups is 1. The Bertz CT molecular complexity index is 757. The Morgan fingerprint density at radius 1 is 1.39 bits per heavy atom. The molecule has 2 aromatic rings. The Morgan fingerprint density at radius 2 is 2.13 bits per heavy atom. The molecule has 1 aliphatic heterocycles. The van der Waals surface area contributed by atoms with E-state index in [2.05, 4.69) is 11.6 Å². The third kappa shape index (κ3) is 2.88. The zero-order chi connectivity index (χ0) is 16.4. The fourth-order valence-electron chi connectivity index (χ4n) is 2.22. The number of nitrogens with zero attached hydrogens (tertiary/aromatic N) is 2. The van der Waals surface area contributed by atoms with E-state index in [1.165, 1.54) is 17.4 Å². The smallest absolute Gasteiger partial charge is 0.397 e. The molecule has 1 N–H and O–H groups in total. The number of thiazole rings is 1. The van der Waals surface area contributed by atoms with Gasteiger partial charge in [-0.25, -0.2) is 9.78 Å². The second-order valence-electron chi connectivity index (χ2n) is 4.90. The number of aromatic nitrogens is 1. The Labute approximate surface area is 136 Å². The number of ether oxygens (including phenoxy) is 1. The maximum absolute atomic E-state index is 12.0. The highest BCUT2D eigenvalue weighted by Gasteiger charge is 2.44. The fourth-order valence-corrected chi connectivity index (χ4v) is 3.36. The van der Waals surface area contributed by atoms with Crippen LogP contribution in [-0.4, -0.2) is 28.6 Å². The van der Waals surface area contributed by atoms with Gasteiger partial charge in [0.15, 0.2) is 6.23 Å². The lowest BCUT2D eigenvalue weighted by Gasteiger charge is -2.33. The first-order valence-corrected chi connectivity index (χ1v) is 7.76. The molecular formula is C16H14N2O4S. The molecule has 23 heavy (non-hydrogen) atoms. The lowest BCUT2D eigenvalue weighted by molar-refractivity contribution is -0.154. The summed E-state index contributed by atoms with van der Waals surface area (Å²) < 4.78 is 4.70. The molecule has 0 saturated carbocycles. The van der Waals surface area contributed by atoms with Crippen LogP contribution in [-0.2, 0) is 20.7 Å². The summed E-state index contributed by atoms with van der Waals surface area (Å²) in [5.41, 5.74) is 1.50. The van der Waals surface area contributed by atoms with Crippen molar-refractivity contribution in [2.24, 2.45) is 0 Å². The number of rotatable bonds is 4. The van der Waals surface area contributed by atoms with Crippen molar-refractivity contribution in [1.82, 2.24) is 4.98 Å². The van der Waals surface area contributed by atoms with Gasteiger partial charge in [0.2, 0.25) is 0 Å². The van der Waals surface area contributed by atoms with Gasteiger partial charge in [-0.05, 0) is 5.56 Å². The van der Waals surface area contributed by atoms with Gasteiger partial charge >= 0.3 is 11.9 Å². The third-order valence-electron chi connectivity index (χ3n) is 3.31. The number of aliphatic hydroxyl groups excluding tert-OH is 1. The van der Waals surface area contributed by atoms with Crippen LogP contribution in [0.15, 0.2) is 43.0 Å². The van der Waals surface area contributed by atoms with Crippen molar-refractivity contribution in [2.45, 2.75) is 12.6 Å². The van der Waals surface area contributed by atoms with Gasteiger partial charge in [-0.1, -0.05) is 43.0 Å². The molecule has 1 unspecified atom stereocenters. The quantitative estimate of drug-likeness (QED) is 0.525. The normalized spacial score (nSPS) is 15.5. The maximum atomic E-state index is 12.0. The molecule has 1 aromatic heterocycles. The van der Waals surface area contributed by atoms with Crippen molar-refractivity contribution in [2.75, 3.05) is 11.5 Å². The van der Waals surface area contributed by atoms with E-state index in [9.17, 15) is 14.7 Å². The minimum absolute atomic E-state index is 0.0523. The van der Waals surface area contributed by atoms with Crippen LogP contribution in [0.25, 0.3) is 0 Å². The largest absolute Gasteiger partial charge is 0.454 e. The first-order chi connectivity index (χ1) is 11.1.